The molecular formula is C11H23ClN2O3. The fourth-order valence-electron chi connectivity index (χ4n) is 1.45. The number of carbonyl (C=O) groups is 1. The highest BCUT2D eigenvalue weighted by Gasteiger charge is 2.16. The molecule has 0 saturated carbocycles. The molecule has 17 heavy (non-hydrogen) atoms. The largest absolute Gasteiger partial charge is 0.381 e. The van der Waals surface area contributed by atoms with Crippen molar-refractivity contribution in [2.45, 2.75) is 19.4 Å². The molecule has 1 saturated heterocycles. The van der Waals surface area contributed by atoms with Crippen LogP contribution >= 0.6 is 12.4 Å². The number of nitrogens with one attached hydrogen (secondary N) is 2. The summed E-state index contributed by atoms with van der Waals surface area (Å²) in [6, 6.07) is 0.284. The molecule has 1 rings (SSSR count). The second kappa shape index (κ2) is 9.65. The van der Waals surface area contributed by atoms with Crippen molar-refractivity contribution in [2.75, 3.05) is 40.0 Å². The second-order valence-corrected chi connectivity index (χ2v) is 4.24. The van der Waals surface area contributed by atoms with E-state index in [9.17, 15) is 4.79 Å². The molecule has 0 radical (unpaired) electrons. The molecule has 0 aromatic carbocycles. The van der Waals surface area contributed by atoms with Crippen LogP contribution in [0.5, 0.6) is 0 Å². The zero-order chi connectivity index (χ0) is 11.8. The van der Waals surface area contributed by atoms with Crippen molar-refractivity contribution >= 4 is 18.3 Å². The van der Waals surface area contributed by atoms with E-state index in [4.69, 9.17) is 9.47 Å². The molecular weight excluding hydrogens is 244 g/mol. The SMILES string of the molecule is CNC(C)CNC(=O)COCC1CCOC1.Cl. The van der Waals surface area contributed by atoms with Crippen molar-refractivity contribution in [3.63, 3.8) is 0 Å². The molecule has 5 nitrogen and oxygen atoms in total. The summed E-state index contributed by atoms with van der Waals surface area (Å²) < 4.78 is 10.6. The van der Waals surface area contributed by atoms with Crippen LogP contribution in [0.1, 0.15) is 13.3 Å². The summed E-state index contributed by atoms with van der Waals surface area (Å²) in [7, 11) is 1.87. The summed E-state index contributed by atoms with van der Waals surface area (Å²) in [6.07, 6.45) is 1.04. The maximum Gasteiger partial charge on any atom is 0.246 e. The second-order valence-electron chi connectivity index (χ2n) is 4.24. The Balaban J connectivity index is 0.00000256. The molecule has 1 aliphatic rings. The van der Waals surface area contributed by atoms with E-state index in [-0.39, 0.29) is 31.0 Å². The maximum absolute atomic E-state index is 11.3. The molecule has 0 aliphatic carbocycles. The summed E-state index contributed by atoms with van der Waals surface area (Å²) in [6.45, 7) is 4.99. The number of amides is 1. The van der Waals surface area contributed by atoms with Gasteiger partial charge in [-0.15, -0.1) is 12.4 Å². The summed E-state index contributed by atoms with van der Waals surface area (Å²) in [5.74, 6) is 0.407. The van der Waals surface area contributed by atoms with Gasteiger partial charge in [-0.05, 0) is 20.4 Å². The predicted molar refractivity (Wildman–Crippen MR) is 68.5 cm³/mol. The van der Waals surface area contributed by atoms with Crippen molar-refractivity contribution in [2.24, 2.45) is 5.92 Å². The van der Waals surface area contributed by atoms with Crippen molar-refractivity contribution in [1.82, 2.24) is 10.6 Å². The number of hydrogen-bond acceptors (Lipinski definition) is 4. The van der Waals surface area contributed by atoms with Gasteiger partial charge >= 0.3 is 0 Å². The molecule has 0 aromatic rings. The lowest BCUT2D eigenvalue weighted by Gasteiger charge is -2.12. The van der Waals surface area contributed by atoms with Gasteiger partial charge < -0.3 is 20.1 Å². The average Bonchev–Trinajstić information content (AvgIpc) is 2.79. The third-order valence-corrected chi connectivity index (χ3v) is 2.71. The van der Waals surface area contributed by atoms with Crippen LogP contribution in [-0.2, 0) is 14.3 Å². The number of hydrogen-bond donors (Lipinski definition) is 2. The number of carbonyl (C=O) groups excluding carboxylic acids is 1. The first-order valence-electron chi connectivity index (χ1n) is 5.81. The first-order chi connectivity index (χ1) is 7.72. The lowest BCUT2D eigenvalue weighted by Crippen LogP contribution is -2.38. The van der Waals surface area contributed by atoms with Crippen LogP contribution in [0.25, 0.3) is 0 Å². The highest BCUT2D eigenvalue weighted by molar-refractivity contribution is 5.85. The van der Waals surface area contributed by atoms with Crippen molar-refractivity contribution in [3.05, 3.63) is 0 Å². The summed E-state index contributed by atoms with van der Waals surface area (Å²) in [4.78, 5) is 11.3. The Bertz CT molecular complexity index is 211. The van der Waals surface area contributed by atoms with Gasteiger partial charge in [-0.25, -0.2) is 0 Å². The number of ether oxygens (including phenoxy) is 2. The monoisotopic (exact) mass is 266 g/mol. The molecule has 102 valence electrons. The summed E-state index contributed by atoms with van der Waals surface area (Å²) in [5, 5.41) is 5.85. The first-order valence-corrected chi connectivity index (χ1v) is 5.81. The normalized spacial score (nSPS) is 20.7. The Morgan fingerprint density at radius 2 is 2.35 bits per heavy atom. The lowest BCUT2D eigenvalue weighted by atomic mass is 10.1. The Morgan fingerprint density at radius 3 is 2.94 bits per heavy atom. The van der Waals surface area contributed by atoms with Gasteiger partial charge in [0.25, 0.3) is 0 Å². The molecule has 1 aliphatic heterocycles. The van der Waals surface area contributed by atoms with E-state index in [1.54, 1.807) is 0 Å². The van der Waals surface area contributed by atoms with E-state index in [0.717, 1.165) is 19.6 Å². The van der Waals surface area contributed by atoms with Gasteiger partial charge in [-0.2, -0.15) is 0 Å². The van der Waals surface area contributed by atoms with E-state index < -0.39 is 0 Å². The van der Waals surface area contributed by atoms with Crippen LogP contribution in [0.2, 0.25) is 0 Å². The Labute approximate surface area is 109 Å². The molecule has 6 heteroatoms. The highest BCUT2D eigenvalue weighted by atomic mass is 35.5. The topological polar surface area (TPSA) is 59.6 Å². The Hall–Kier alpha value is -0.360. The third kappa shape index (κ3) is 7.54. The quantitative estimate of drug-likeness (QED) is 0.691. The van der Waals surface area contributed by atoms with E-state index in [2.05, 4.69) is 10.6 Å². The standard InChI is InChI=1S/C11H22N2O3.ClH/c1-9(12-2)5-13-11(14)8-16-7-10-3-4-15-6-10;/h9-10,12H,3-8H2,1-2H3,(H,13,14);1H. The van der Waals surface area contributed by atoms with Crippen molar-refractivity contribution in [1.29, 1.82) is 0 Å². The van der Waals surface area contributed by atoms with Gasteiger partial charge in [0, 0.05) is 25.1 Å². The zero-order valence-electron chi connectivity index (χ0n) is 10.5. The minimum absolute atomic E-state index is 0. The van der Waals surface area contributed by atoms with Crippen molar-refractivity contribution in [3.8, 4) is 0 Å². The zero-order valence-corrected chi connectivity index (χ0v) is 11.3. The van der Waals surface area contributed by atoms with E-state index in [1.165, 1.54) is 0 Å². The van der Waals surface area contributed by atoms with Gasteiger partial charge in [0.1, 0.15) is 6.61 Å². The van der Waals surface area contributed by atoms with E-state index in [1.807, 2.05) is 14.0 Å². The molecule has 0 aromatic heterocycles. The van der Waals surface area contributed by atoms with Crippen LogP contribution in [0.15, 0.2) is 0 Å². The average molecular weight is 267 g/mol. The minimum Gasteiger partial charge on any atom is -0.381 e. The van der Waals surface area contributed by atoms with Gasteiger partial charge in [0.2, 0.25) is 5.91 Å². The fraction of sp³-hybridized carbons (Fsp3) is 0.909. The Morgan fingerprint density at radius 1 is 1.59 bits per heavy atom. The first kappa shape index (κ1) is 16.6. The van der Waals surface area contributed by atoms with Gasteiger partial charge in [0.15, 0.2) is 0 Å². The molecule has 2 N–H and O–H groups in total. The van der Waals surface area contributed by atoms with Gasteiger partial charge in [-0.3, -0.25) is 4.79 Å². The van der Waals surface area contributed by atoms with Crippen LogP contribution in [0, 0.1) is 5.92 Å². The molecule has 1 heterocycles. The smallest absolute Gasteiger partial charge is 0.246 e. The molecule has 0 spiro atoms. The van der Waals surface area contributed by atoms with Crippen molar-refractivity contribution < 1.29 is 14.3 Å². The summed E-state index contributed by atoms with van der Waals surface area (Å²) >= 11 is 0. The molecule has 2 unspecified atom stereocenters. The molecule has 0 bridgehead atoms. The van der Waals surface area contributed by atoms with Gasteiger partial charge in [0.05, 0.1) is 13.2 Å². The predicted octanol–water partition coefficient (Wildman–Crippen LogP) is 0.185. The number of likely N-dealkylation sites (N-methyl/N-ethyl adjacent to an activating group) is 1. The molecule has 2 atom stereocenters. The minimum atomic E-state index is -0.0546. The lowest BCUT2D eigenvalue weighted by molar-refractivity contribution is -0.126. The van der Waals surface area contributed by atoms with Crippen LogP contribution < -0.4 is 10.6 Å². The van der Waals surface area contributed by atoms with Crippen LogP contribution in [0.4, 0.5) is 0 Å². The fourth-order valence-corrected chi connectivity index (χ4v) is 1.45. The number of halogens is 1. The van der Waals surface area contributed by atoms with Crippen LogP contribution in [-0.4, -0.2) is 52.0 Å². The van der Waals surface area contributed by atoms with E-state index in [0.29, 0.717) is 19.1 Å². The summed E-state index contributed by atoms with van der Waals surface area (Å²) in [5.41, 5.74) is 0. The van der Waals surface area contributed by atoms with Crippen LogP contribution in [0.3, 0.4) is 0 Å². The highest BCUT2D eigenvalue weighted by Crippen LogP contribution is 2.11. The number of rotatable bonds is 7. The van der Waals surface area contributed by atoms with E-state index >= 15 is 0 Å². The third-order valence-electron chi connectivity index (χ3n) is 2.71. The van der Waals surface area contributed by atoms with Gasteiger partial charge in [-0.1, -0.05) is 0 Å². The molecule has 1 fully saturated rings. The Kier molecular flexibility index (Phi) is 9.44. The maximum atomic E-state index is 11.3. The molecule has 1 amide bonds.